The molecule has 4 aromatic rings. The summed E-state index contributed by atoms with van der Waals surface area (Å²) in [6, 6.07) is 15.3. The van der Waals surface area contributed by atoms with E-state index in [0.717, 1.165) is 17.7 Å². The van der Waals surface area contributed by atoms with Gasteiger partial charge in [0.25, 0.3) is 5.91 Å². The van der Waals surface area contributed by atoms with Crippen molar-refractivity contribution >= 4 is 22.6 Å². The number of halogens is 3. The van der Waals surface area contributed by atoms with Crippen LogP contribution in [-0.4, -0.2) is 12.5 Å². The minimum Gasteiger partial charge on any atom is -0.494 e. The van der Waals surface area contributed by atoms with Gasteiger partial charge in [-0.05, 0) is 61.9 Å². The van der Waals surface area contributed by atoms with E-state index in [-0.39, 0.29) is 22.6 Å². The normalized spacial score (nSPS) is 15.5. The summed E-state index contributed by atoms with van der Waals surface area (Å²) in [5.74, 6) is -0.270. The van der Waals surface area contributed by atoms with Crippen molar-refractivity contribution in [2.24, 2.45) is 0 Å². The second-order valence-corrected chi connectivity index (χ2v) is 8.30. The summed E-state index contributed by atoms with van der Waals surface area (Å²) >= 11 is 0. The first kappa shape index (κ1) is 22.7. The first-order valence-electron chi connectivity index (χ1n) is 11.0. The lowest BCUT2D eigenvalue weighted by molar-refractivity contribution is -0.137. The molecule has 1 aliphatic rings. The molecule has 0 saturated carbocycles. The molecule has 35 heavy (non-hydrogen) atoms. The molecule has 0 fully saturated rings. The van der Waals surface area contributed by atoms with Crippen molar-refractivity contribution in [2.75, 3.05) is 11.5 Å². The zero-order valence-corrected chi connectivity index (χ0v) is 18.8. The highest BCUT2D eigenvalue weighted by Gasteiger charge is 2.44. The molecule has 178 valence electrons. The summed E-state index contributed by atoms with van der Waals surface area (Å²) in [6.07, 6.45) is -4.60. The standard InChI is InChI=1S/C27H20F3NO4/c1-3-34-19-10-8-16(9-11-19)23-22-24(32)20-13-15(2)7-12-21(20)35-25(22)26(33)31(23)18-6-4-5-17(14-18)27(28,29)30/h4-14,23H,3H2,1-2H3. The number of hydrogen-bond acceptors (Lipinski definition) is 4. The van der Waals surface area contributed by atoms with Crippen LogP contribution in [0.25, 0.3) is 11.0 Å². The van der Waals surface area contributed by atoms with Crippen LogP contribution in [0.15, 0.2) is 75.9 Å². The highest BCUT2D eigenvalue weighted by molar-refractivity contribution is 6.10. The highest BCUT2D eigenvalue weighted by Crippen LogP contribution is 2.43. The Bertz CT molecular complexity index is 1510. The number of benzene rings is 3. The molecule has 2 heterocycles. The van der Waals surface area contributed by atoms with Gasteiger partial charge in [-0.25, -0.2) is 0 Å². The summed E-state index contributed by atoms with van der Waals surface area (Å²) in [7, 11) is 0. The van der Waals surface area contributed by atoms with E-state index >= 15 is 0 Å². The number of hydrogen-bond donors (Lipinski definition) is 0. The van der Waals surface area contributed by atoms with E-state index < -0.39 is 29.1 Å². The maximum atomic E-state index is 13.6. The van der Waals surface area contributed by atoms with Crippen molar-refractivity contribution < 1.29 is 27.1 Å². The number of fused-ring (bicyclic) bond motifs is 2. The molecular weight excluding hydrogens is 459 g/mol. The molecule has 0 N–H and O–H groups in total. The molecular formula is C27H20F3NO4. The number of carbonyl (C=O) groups excluding carboxylic acids is 1. The number of nitrogens with zero attached hydrogens (tertiary/aromatic N) is 1. The Balaban J connectivity index is 1.76. The summed E-state index contributed by atoms with van der Waals surface area (Å²) in [6.45, 7) is 4.12. The third kappa shape index (κ3) is 3.84. The lowest BCUT2D eigenvalue weighted by Crippen LogP contribution is -2.29. The van der Waals surface area contributed by atoms with Gasteiger partial charge in [0.15, 0.2) is 5.43 Å². The molecule has 0 bridgehead atoms. The van der Waals surface area contributed by atoms with E-state index in [4.69, 9.17) is 9.15 Å². The van der Waals surface area contributed by atoms with Gasteiger partial charge in [-0.1, -0.05) is 29.8 Å². The quantitative estimate of drug-likeness (QED) is 0.346. The number of amides is 1. The molecule has 3 aromatic carbocycles. The number of carbonyl (C=O) groups is 1. The fraction of sp³-hybridized carbons (Fsp3) is 0.185. The van der Waals surface area contributed by atoms with Crippen molar-refractivity contribution in [3.8, 4) is 5.75 Å². The monoisotopic (exact) mass is 479 g/mol. The van der Waals surface area contributed by atoms with Crippen LogP contribution in [0, 0.1) is 6.92 Å². The average molecular weight is 479 g/mol. The van der Waals surface area contributed by atoms with Gasteiger partial charge < -0.3 is 9.15 Å². The Morgan fingerprint density at radius 2 is 1.74 bits per heavy atom. The van der Waals surface area contributed by atoms with E-state index in [1.165, 1.54) is 17.0 Å². The van der Waals surface area contributed by atoms with Gasteiger partial charge in [0.05, 0.1) is 29.2 Å². The van der Waals surface area contributed by atoms with Crippen molar-refractivity contribution in [1.82, 2.24) is 0 Å². The van der Waals surface area contributed by atoms with Crippen molar-refractivity contribution in [1.29, 1.82) is 0 Å². The molecule has 8 heteroatoms. The number of ether oxygens (including phenoxy) is 1. The smallest absolute Gasteiger partial charge is 0.416 e. The topological polar surface area (TPSA) is 59.8 Å². The van der Waals surface area contributed by atoms with Crippen molar-refractivity contribution in [3.63, 3.8) is 0 Å². The molecule has 5 nitrogen and oxygen atoms in total. The zero-order valence-electron chi connectivity index (χ0n) is 18.8. The summed E-state index contributed by atoms with van der Waals surface area (Å²) in [5, 5.41) is 0.304. The first-order valence-corrected chi connectivity index (χ1v) is 11.0. The number of alkyl halides is 3. The highest BCUT2D eigenvalue weighted by atomic mass is 19.4. The summed E-state index contributed by atoms with van der Waals surface area (Å²) < 4.78 is 51.7. The van der Waals surface area contributed by atoms with Crippen molar-refractivity contribution in [3.05, 3.63) is 105 Å². The Hall–Kier alpha value is -4.07. The van der Waals surface area contributed by atoms with Crippen LogP contribution in [0.5, 0.6) is 5.75 Å². The number of rotatable bonds is 4. The molecule has 1 atom stereocenters. The molecule has 0 spiro atoms. The number of aryl methyl sites for hydroxylation is 1. The van der Waals surface area contributed by atoms with Gasteiger partial charge in [-0.2, -0.15) is 13.2 Å². The predicted molar refractivity (Wildman–Crippen MR) is 125 cm³/mol. The molecule has 1 amide bonds. The van der Waals surface area contributed by atoms with E-state index in [1.54, 1.807) is 42.5 Å². The molecule has 1 unspecified atom stereocenters. The average Bonchev–Trinajstić information content (AvgIpc) is 3.12. The van der Waals surface area contributed by atoms with Crippen LogP contribution in [-0.2, 0) is 6.18 Å². The minimum absolute atomic E-state index is 0.00902. The lowest BCUT2D eigenvalue weighted by Gasteiger charge is -2.26. The van der Waals surface area contributed by atoms with Crippen LogP contribution < -0.4 is 15.1 Å². The molecule has 1 aromatic heterocycles. The second kappa shape index (κ2) is 8.30. The Morgan fingerprint density at radius 3 is 2.43 bits per heavy atom. The predicted octanol–water partition coefficient (Wildman–Crippen LogP) is 6.27. The Morgan fingerprint density at radius 1 is 1.00 bits per heavy atom. The van der Waals surface area contributed by atoms with Gasteiger partial charge in [0, 0.05) is 5.69 Å². The van der Waals surface area contributed by atoms with Gasteiger partial charge in [0.1, 0.15) is 11.3 Å². The SMILES string of the molecule is CCOc1ccc(C2c3c(oc4ccc(C)cc4c3=O)C(=O)N2c2cccc(C(F)(F)F)c2)cc1. The van der Waals surface area contributed by atoms with E-state index in [0.29, 0.717) is 23.3 Å². The van der Waals surface area contributed by atoms with Crippen molar-refractivity contribution in [2.45, 2.75) is 26.1 Å². The first-order chi connectivity index (χ1) is 16.7. The minimum atomic E-state index is -4.60. The van der Waals surface area contributed by atoms with Gasteiger partial charge in [-0.15, -0.1) is 0 Å². The lowest BCUT2D eigenvalue weighted by atomic mass is 9.97. The van der Waals surface area contributed by atoms with Crippen LogP contribution in [0.1, 0.15) is 45.8 Å². The third-order valence-electron chi connectivity index (χ3n) is 5.98. The largest absolute Gasteiger partial charge is 0.494 e. The van der Waals surface area contributed by atoms with Crippen LogP contribution in [0.4, 0.5) is 18.9 Å². The van der Waals surface area contributed by atoms with Crippen LogP contribution in [0.3, 0.4) is 0 Å². The molecule has 1 aliphatic heterocycles. The second-order valence-electron chi connectivity index (χ2n) is 8.30. The molecule has 0 radical (unpaired) electrons. The van der Waals surface area contributed by atoms with E-state index in [1.807, 2.05) is 13.8 Å². The molecule has 5 rings (SSSR count). The van der Waals surface area contributed by atoms with Gasteiger partial charge in [-0.3, -0.25) is 14.5 Å². The van der Waals surface area contributed by atoms with E-state index in [2.05, 4.69) is 0 Å². The summed E-state index contributed by atoms with van der Waals surface area (Å²) in [4.78, 5) is 28.4. The van der Waals surface area contributed by atoms with Crippen LogP contribution in [0.2, 0.25) is 0 Å². The third-order valence-corrected chi connectivity index (χ3v) is 5.98. The Kier molecular flexibility index (Phi) is 5.39. The Labute approximate surface area is 198 Å². The fourth-order valence-electron chi connectivity index (χ4n) is 4.41. The summed E-state index contributed by atoms with van der Waals surface area (Å²) in [5.41, 5.74) is 0.420. The fourth-order valence-corrected chi connectivity index (χ4v) is 4.41. The number of anilines is 1. The maximum absolute atomic E-state index is 13.6. The molecule has 0 saturated heterocycles. The zero-order chi connectivity index (χ0) is 24.9. The van der Waals surface area contributed by atoms with Crippen LogP contribution >= 0.6 is 0 Å². The van der Waals surface area contributed by atoms with E-state index in [9.17, 15) is 22.8 Å². The maximum Gasteiger partial charge on any atom is 0.416 e. The molecule has 0 aliphatic carbocycles. The van der Waals surface area contributed by atoms with Gasteiger partial charge >= 0.3 is 6.18 Å². The van der Waals surface area contributed by atoms with Gasteiger partial charge in [0.2, 0.25) is 5.76 Å².